The topological polar surface area (TPSA) is 76.3 Å². The third-order valence-electron chi connectivity index (χ3n) is 3.62. The first kappa shape index (κ1) is 13.8. The number of nitrogens with two attached hydrogens (primary N) is 1. The molecule has 5 nitrogen and oxygen atoms in total. The van der Waals surface area contributed by atoms with E-state index in [4.69, 9.17) is 5.73 Å². The molecule has 3 rings (SSSR count). The zero-order valence-electron chi connectivity index (χ0n) is 11.4. The highest BCUT2D eigenvalue weighted by atomic mass is 32.1. The lowest BCUT2D eigenvalue weighted by Crippen LogP contribution is -2.31. The van der Waals surface area contributed by atoms with E-state index in [1.807, 2.05) is 30.3 Å². The van der Waals surface area contributed by atoms with Crippen LogP contribution in [0.5, 0.6) is 0 Å². The quantitative estimate of drug-likeness (QED) is 0.938. The fraction of sp³-hybridized carbons (Fsp3) is 0.267. The molecule has 1 aliphatic rings. The van der Waals surface area contributed by atoms with E-state index in [0.717, 1.165) is 10.6 Å². The molecule has 0 aliphatic carbocycles. The molecule has 6 heteroatoms. The molecule has 2 aromatic rings. The molecule has 1 aliphatic heterocycles. The molecule has 1 aromatic heterocycles. The highest BCUT2D eigenvalue weighted by Gasteiger charge is 2.30. The number of amides is 2. The third kappa shape index (κ3) is 2.80. The Bertz CT molecular complexity index is 669. The number of rotatable bonds is 3. The van der Waals surface area contributed by atoms with Gasteiger partial charge in [0, 0.05) is 18.7 Å². The monoisotopic (exact) mass is 301 g/mol. The predicted molar refractivity (Wildman–Crippen MR) is 80.8 cm³/mol. The Kier molecular flexibility index (Phi) is 3.70. The Morgan fingerprint density at radius 3 is 2.71 bits per heavy atom. The fourth-order valence-electron chi connectivity index (χ4n) is 2.42. The Morgan fingerprint density at radius 2 is 2.05 bits per heavy atom. The molecule has 21 heavy (non-hydrogen) atoms. The van der Waals surface area contributed by atoms with Crippen molar-refractivity contribution in [3.8, 4) is 10.6 Å². The number of hydrogen-bond acceptors (Lipinski definition) is 4. The second-order valence-corrected chi connectivity index (χ2v) is 6.07. The molecular weight excluding hydrogens is 286 g/mol. The van der Waals surface area contributed by atoms with Gasteiger partial charge in [0.2, 0.25) is 5.91 Å². The lowest BCUT2D eigenvalue weighted by molar-refractivity contribution is -0.121. The van der Waals surface area contributed by atoms with E-state index in [9.17, 15) is 9.59 Å². The second kappa shape index (κ2) is 5.65. The average molecular weight is 301 g/mol. The number of nitrogens with zero attached hydrogens (tertiary/aromatic N) is 2. The van der Waals surface area contributed by atoms with Crippen molar-refractivity contribution in [3.05, 3.63) is 41.4 Å². The summed E-state index contributed by atoms with van der Waals surface area (Å²) in [6, 6.07) is 9.75. The summed E-state index contributed by atoms with van der Waals surface area (Å²) in [5.74, 6) is -0.631. The van der Waals surface area contributed by atoms with Crippen LogP contribution in [-0.4, -0.2) is 34.8 Å². The average Bonchev–Trinajstić information content (AvgIpc) is 3.17. The fourth-order valence-corrected chi connectivity index (χ4v) is 3.31. The number of likely N-dealkylation sites (tertiary alicyclic amines) is 1. The summed E-state index contributed by atoms with van der Waals surface area (Å²) in [6.07, 6.45) is 2.25. The molecule has 2 heterocycles. The maximum absolute atomic E-state index is 12.4. The molecule has 2 N–H and O–H groups in total. The van der Waals surface area contributed by atoms with Crippen LogP contribution < -0.4 is 5.73 Å². The highest BCUT2D eigenvalue weighted by molar-refractivity contribution is 7.16. The summed E-state index contributed by atoms with van der Waals surface area (Å²) >= 11 is 1.37. The van der Waals surface area contributed by atoms with E-state index in [0.29, 0.717) is 24.4 Å². The summed E-state index contributed by atoms with van der Waals surface area (Å²) in [5, 5.41) is 0.824. The maximum Gasteiger partial charge on any atom is 0.265 e. The van der Waals surface area contributed by atoms with Crippen LogP contribution in [0.1, 0.15) is 16.1 Å². The van der Waals surface area contributed by atoms with Crippen molar-refractivity contribution in [3.63, 3.8) is 0 Å². The van der Waals surface area contributed by atoms with Gasteiger partial charge in [0.25, 0.3) is 5.91 Å². The van der Waals surface area contributed by atoms with Crippen molar-refractivity contribution in [2.45, 2.75) is 6.42 Å². The van der Waals surface area contributed by atoms with Gasteiger partial charge in [-0.25, -0.2) is 4.98 Å². The second-order valence-electron chi connectivity index (χ2n) is 5.03. The summed E-state index contributed by atoms with van der Waals surface area (Å²) in [6.45, 7) is 0.984. The molecule has 2 amide bonds. The lowest BCUT2D eigenvalue weighted by atomic mass is 10.1. The molecule has 1 fully saturated rings. The summed E-state index contributed by atoms with van der Waals surface area (Å²) in [4.78, 5) is 30.2. The van der Waals surface area contributed by atoms with Gasteiger partial charge >= 0.3 is 0 Å². The van der Waals surface area contributed by atoms with E-state index in [1.165, 1.54) is 11.3 Å². The van der Waals surface area contributed by atoms with Crippen LogP contribution in [-0.2, 0) is 4.79 Å². The molecule has 108 valence electrons. The predicted octanol–water partition coefficient (Wildman–Crippen LogP) is 1.76. The summed E-state index contributed by atoms with van der Waals surface area (Å²) in [7, 11) is 0. The Balaban J connectivity index is 1.75. The number of primary amides is 1. The van der Waals surface area contributed by atoms with E-state index < -0.39 is 0 Å². The lowest BCUT2D eigenvalue weighted by Gasteiger charge is -2.14. The van der Waals surface area contributed by atoms with Gasteiger partial charge in [0.15, 0.2) is 0 Å². The van der Waals surface area contributed by atoms with Crippen LogP contribution in [0.4, 0.5) is 0 Å². The smallest absolute Gasteiger partial charge is 0.265 e. The van der Waals surface area contributed by atoms with Gasteiger partial charge in [-0.2, -0.15) is 0 Å². The summed E-state index contributed by atoms with van der Waals surface area (Å²) in [5.41, 5.74) is 6.29. The van der Waals surface area contributed by atoms with Crippen molar-refractivity contribution in [2.75, 3.05) is 13.1 Å². The molecule has 0 saturated carbocycles. The molecule has 0 radical (unpaired) electrons. The van der Waals surface area contributed by atoms with Crippen LogP contribution in [0.2, 0.25) is 0 Å². The Labute approximate surface area is 126 Å². The number of thiazole rings is 1. The van der Waals surface area contributed by atoms with E-state index >= 15 is 0 Å². The number of carbonyl (C=O) groups excluding carboxylic acids is 2. The maximum atomic E-state index is 12.4. The van der Waals surface area contributed by atoms with Gasteiger partial charge in [-0.15, -0.1) is 11.3 Å². The van der Waals surface area contributed by atoms with Gasteiger partial charge in [-0.05, 0) is 6.42 Å². The van der Waals surface area contributed by atoms with Gasteiger partial charge in [-0.3, -0.25) is 9.59 Å². The number of aromatic nitrogens is 1. The first-order chi connectivity index (χ1) is 10.1. The minimum atomic E-state index is -0.334. The number of hydrogen-bond donors (Lipinski definition) is 1. The number of carbonyl (C=O) groups is 2. The summed E-state index contributed by atoms with van der Waals surface area (Å²) < 4.78 is 0. The SMILES string of the molecule is NC(=O)C1CCN(C(=O)c2cnc(-c3ccccc3)s2)C1. The van der Waals surface area contributed by atoms with Crippen molar-refractivity contribution in [2.24, 2.45) is 11.7 Å². The molecule has 1 unspecified atom stereocenters. The molecule has 1 saturated heterocycles. The molecule has 0 bridgehead atoms. The molecule has 0 spiro atoms. The standard InChI is InChI=1S/C15H15N3O2S/c16-13(19)11-6-7-18(9-11)15(20)12-8-17-14(21-12)10-4-2-1-3-5-10/h1-5,8,11H,6-7,9H2,(H2,16,19). The first-order valence-corrected chi connectivity index (χ1v) is 7.56. The third-order valence-corrected chi connectivity index (χ3v) is 4.65. The van der Waals surface area contributed by atoms with Gasteiger partial charge in [0.1, 0.15) is 9.88 Å². The van der Waals surface area contributed by atoms with Crippen molar-refractivity contribution < 1.29 is 9.59 Å². The minimum absolute atomic E-state index is 0.0709. The zero-order valence-corrected chi connectivity index (χ0v) is 12.2. The largest absolute Gasteiger partial charge is 0.369 e. The van der Waals surface area contributed by atoms with Crippen LogP contribution >= 0.6 is 11.3 Å². The van der Waals surface area contributed by atoms with E-state index in [1.54, 1.807) is 11.1 Å². The normalized spacial score (nSPS) is 17.9. The zero-order chi connectivity index (χ0) is 14.8. The number of benzene rings is 1. The van der Waals surface area contributed by atoms with Crippen LogP contribution in [0.25, 0.3) is 10.6 Å². The van der Waals surface area contributed by atoms with Crippen molar-refractivity contribution >= 4 is 23.2 Å². The molecule has 1 atom stereocenters. The van der Waals surface area contributed by atoms with Crippen molar-refractivity contribution in [1.29, 1.82) is 0 Å². The van der Waals surface area contributed by atoms with Gasteiger partial charge in [0.05, 0.1) is 12.1 Å². The molecule has 1 aromatic carbocycles. The van der Waals surface area contributed by atoms with Crippen LogP contribution in [0, 0.1) is 5.92 Å². The van der Waals surface area contributed by atoms with Crippen LogP contribution in [0.3, 0.4) is 0 Å². The van der Waals surface area contributed by atoms with Crippen LogP contribution in [0.15, 0.2) is 36.5 Å². The highest BCUT2D eigenvalue weighted by Crippen LogP contribution is 2.27. The molecular formula is C15H15N3O2S. The minimum Gasteiger partial charge on any atom is -0.369 e. The van der Waals surface area contributed by atoms with Crippen molar-refractivity contribution in [1.82, 2.24) is 9.88 Å². The Morgan fingerprint density at radius 1 is 1.29 bits per heavy atom. The van der Waals surface area contributed by atoms with Gasteiger partial charge < -0.3 is 10.6 Å². The Hall–Kier alpha value is -2.21. The van der Waals surface area contributed by atoms with E-state index in [-0.39, 0.29) is 17.7 Å². The van der Waals surface area contributed by atoms with E-state index in [2.05, 4.69) is 4.98 Å². The van der Waals surface area contributed by atoms with Gasteiger partial charge in [-0.1, -0.05) is 30.3 Å². The first-order valence-electron chi connectivity index (χ1n) is 6.75.